The van der Waals surface area contributed by atoms with Crippen molar-refractivity contribution >= 4 is 17.2 Å². The third-order valence-corrected chi connectivity index (χ3v) is 4.34. The lowest BCUT2D eigenvalue weighted by Crippen LogP contribution is -2.32. The molecule has 100 valence electrons. The zero-order valence-electron chi connectivity index (χ0n) is 10.9. The summed E-state index contributed by atoms with van der Waals surface area (Å²) in [6.07, 6.45) is 6.53. The molecule has 2 aromatic heterocycles. The van der Waals surface area contributed by atoms with Gasteiger partial charge in [-0.2, -0.15) is 0 Å². The Morgan fingerprint density at radius 3 is 3.05 bits per heavy atom. The summed E-state index contributed by atoms with van der Waals surface area (Å²) in [7, 11) is 1.98. The Balaban J connectivity index is 1.68. The number of amides is 1. The average molecular weight is 275 g/mol. The molecule has 2 heterocycles. The molecule has 0 bridgehead atoms. The summed E-state index contributed by atoms with van der Waals surface area (Å²) in [4.78, 5) is 17.6. The van der Waals surface area contributed by atoms with E-state index in [-0.39, 0.29) is 11.9 Å². The summed E-state index contributed by atoms with van der Waals surface area (Å²) < 4.78 is 1.99. The van der Waals surface area contributed by atoms with Gasteiger partial charge in [0.05, 0.1) is 12.5 Å². The lowest BCUT2D eigenvalue weighted by atomic mass is 10.1. The molecule has 0 radical (unpaired) electrons. The summed E-state index contributed by atoms with van der Waals surface area (Å²) in [6, 6.07) is 4.04. The molecule has 1 aliphatic carbocycles. The SMILES string of the molecule is Cn1ccnc1C(NC(=O)Cc1cccs1)C1CC1. The van der Waals surface area contributed by atoms with Crippen LogP contribution < -0.4 is 5.32 Å². The normalized spacial score (nSPS) is 16.3. The van der Waals surface area contributed by atoms with Crippen LogP contribution in [0.15, 0.2) is 29.9 Å². The number of aromatic nitrogens is 2. The number of hydrogen-bond acceptors (Lipinski definition) is 3. The van der Waals surface area contributed by atoms with Gasteiger partial charge in [-0.05, 0) is 30.2 Å². The van der Waals surface area contributed by atoms with Crippen LogP contribution in [-0.2, 0) is 18.3 Å². The number of carbonyl (C=O) groups excluding carboxylic acids is 1. The van der Waals surface area contributed by atoms with Crippen molar-refractivity contribution in [2.24, 2.45) is 13.0 Å². The summed E-state index contributed by atoms with van der Waals surface area (Å²) in [5.41, 5.74) is 0. The molecule has 0 spiro atoms. The number of thiophene rings is 1. The van der Waals surface area contributed by atoms with Crippen molar-refractivity contribution in [2.45, 2.75) is 25.3 Å². The minimum absolute atomic E-state index is 0.0625. The highest BCUT2D eigenvalue weighted by Gasteiger charge is 2.35. The standard InChI is InChI=1S/C14H17N3OS/c1-17-7-6-15-14(17)13(10-4-5-10)16-12(18)9-11-3-2-8-19-11/h2-3,6-8,10,13H,4-5,9H2,1H3,(H,16,18). The minimum Gasteiger partial charge on any atom is -0.346 e. The Morgan fingerprint density at radius 1 is 1.63 bits per heavy atom. The molecule has 5 heteroatoms. The first-order chi connectivity index (χ1) is 9.24. The van der Waals surface area contributed by atoms with Gasteiger partial charge in [0.1, 0.15) is 5.82 Å². The van der Waals surface area contributed by atoms with Crippen LogP contribution in [0, 0.1) is 5.92 Å². The smallest absolute Gasteiger partial charge is 0.225 e. The van der Waals surface area contributed by atoms with E-state index in [0.29, 0.717) is 12.3 Å². The molecule has 1 amide bonds. The molecule has 1 atom stereocenters. The van der Waals surface area contributed by atoms with Gasteiger partial charge in [0.2, 0.25) is 5.91 Å². The Hall–Kier alpha value is -1.62. The molecule has 0 aromatic carbocycles. The van der Waals surface area contributed by atoms with Gasteiger partial charge in [-0.1, -0.05) is 6.07 Å². The second kappa shape index (κ2) is 5.17. The summed E-state index contributed by atoms with van der Waals surface area (Å²) in [5, 5.41) is 5.14. The Bertz CT molecular complexity index is 557. The van der Waals surface area contributed by atoms with Crippen molar-refractivity contribution < 1.29 is 4.79 Å². The molecule has 1 N–H and O–H groups in total. The molecule has 0 aliphatic heterocycles. The molecule has 1 fully saturated rings. The maximum Gasteiger partial charge on any atom is 0.225 e. The highest BCUT2D eigenvalue weighted by atomic mass is 32.1. The Morgan fingerprint density at radius 2 is 2.47 bits per heavy atom. The maximum atomic E-state index is 12.1. The predicted molar refractivity (Wildman–Crippen MR) is 74.8 cm³/mol. The summed E-state index contributed by atoms with van der Waals surface area (Å²) in [6.45, 7) is 0. The van der Waals surface area contributed by atoms with Crippen LogP contribution in [0.4, 0.5) is 0 Å². The quantitative estimate of drug-likeness (QED) is 0.910. The van der Waals surface area contributed by atoms with Crippen molar-refractivity contribution in [1.82, 2.24) is 14.9 Å². The molecule has 1 saturated carbocycles. The zero-order chi connectivity index (χ0) is 13.2. The van der Waals surface area contributed by atoms with Gasteiger partial charge in [0.15, 0.2) is 0 Å². The first-order valence-electron chi connectivity index (χ1n) is 6.53. The fourth-order valence-corrected chi connectivity index (χ4v) is 3.00. The van der Waals surface area contributed by atoms with Crippen molar-refractivity contribution in [3.05, 3.63) is 40.6 Å². The number of nitrogens with zero attached hydrogens (tertiary/aromatic N) is 2. The van der Waals surface area contributed by atoms with Gasteiger partial charge in [-0.25, -0.2) is 4.98 Å². The van der Waals surface area contributed by atoms with E-state index in [1.54, 1.807) is 17.5 Å². The number of imidazole rings is 1. The fourth-order valence-electron chi connectivity index (χ4n) is 2.30. The van der Waals surface area contributed by atoms with Crippen molar-refractivity contribution in [3.63, 3.8) is 0 Å². The summed E-state index contributed by atoms with van der Waals surface area (Å²) >= 11 is 1.62. The third-order valence-electron chi connectivity index (χ3n) is 3.46. The van der Waals surface area contributed by atoms with Crippen LogP contribution in [0.25, 0.3) is 0 Å². The van der Waals surface area contributed by atoms with Crippen molar-refractivity contribution in [3.8, 4) is 0 Å². The van der Waals surface area contributed by atoms with E-state index in [4.69, 9.17) is 0 Å². The number of hydrogen-bond donors (Lipinski definition) is 1. The minimum atomic E-state index is 0.0625. The van der Waals surface area contributed by atoms with Crippen molar-refractivity contribution in [2.75, 3.05) is 0 Å². The third kappa shape index (κ3) is 2.87. The molecule has 4 nitrogen and oxygen atoms in total. The first-order valence-corrected chi connectivity index (χ1v) is 7.41. The maximum absolute atomic E-state index is 12.1. The monoisotopic (exact) mass is 275 g/mol. The van der Waals surface area contributed by atoms with Crippen LogP contribution in [0.3, 0.4) is 0 Å². The second-order valence-electron chi connectivity index (χ2n) is 5.04. The second-order valence-corrected chi connectivity index (χ2v) is 6.07. The van der Waals surface area contributed by atoms with Crippen LogP contribution in [0.2, 0.25) is 0 Å². The van der Waals surface area contributed by atoms with E-state index in [2.05, 4.69) is 10.3 Å². The fraction of sp³-hybridized carbons (Fsp3) is 0.429. The molecule has 3 rings (SSSR count). The number of carbonyl (C=O) groups is 1. The highest BCUT2D eigenvalue weighted by Crippen LogP contribution is 2.40. The molecule has 1 aliphatic rings. The van der Waals surface area contributed by atoms with E-state index in [0.717, 1.165) is 10.7 Å². The van der Waals surface area contributed by atoms with Crippen LogP contribution >= 0.6 is 11.3 Å². The largest absolute Gasteiger partial charge is 0.346 e. The number of aryl methyl sites for hydroxylation is 1. The molecule has 2 aromatic rings. The molecule has 0 saturated heterocycles. The Labute approximate surface area is 116 Å². The van der Waals surface area contributed by atoms with E-state index in [9.17, 15) is 4.79 Å². The van der Waals surface area contributed by atoms with Crippen LogP contribution in [-0.4, -0.2) is 15.5 Å². The lowest BCUT2D eigenvalue weighted by Gasteiger charge is -2.17. The van der Waals surface area contributed by atoms with Crippen molar-refractivity contribution in [1.29, 1.82) is 0 Å². The van der Waals surface area contributed by atoms with E-state index in [1.165, 1.54) is 12.8 Å². The van der Waals surface area contributed by atoms with Gasteiger partial charge in [0.25, 0.3) is 0 Å². The zero-order valence-corrected chi connectivity index (χ0v) is 11.7. The summed E-state index contributed by atoms with van der Waals surface area (Å²) in [5.74, 6) is 1.60. The number of nitrogens with one attached hydrogen (secondary N) is 1. The van der Waals surface area contributed by atoms with Gasteiger partial charge >= 0.3 is 0 Å². The topological polar surface area (TPSA) is 46.9 Å². The van der Waals surface area contributed by atoms with E-state index < -0.39 is 0 Å². The van der Waals surface area contributed by atoms with Gasteiger partial charge in [-0.15, -0.1) is 11.3 Å². The van der Waals surface area contributed by atoms with Gasteiger partial charge in [-0.3, -0.25) is 4.79 Å². The van der Waals surface area contributed by atoms with Gasteiger partial charge < -0.3 is 9.88 Å². The molecule has 1 unspecified atom stereocenters. The molecule has 19 heavy (non-hydrogen) atoms. The molecular weight excluding hydrogens is 258 g/mol. The van der Waals surface area contributed by atoms with E-state index >= 15 is 0 Å². The Kier molecular flexibility index (Phi) is 3.38. The van der Waals surface area contributed by atoms with Crippen LogP contribution in [0.5, 0.6) is 0 Å². The first kappa shape index (κ1) is 12.4. The number of rotatable bonds is 5. The average Bonchev–Trinajstić information content (AvgIpc) is 2.94. The predicted octanol–water partition coefficient (Wildman–Crippen LogP) is 2.29. The lowest BCUT2D eigenvalue weighted by molar-refractivity contribution is -0.121. The highest BCUT2D eigenvalue weighted by molar-refractivity contribution is 7.10. The van der Waals surface area contributed by atoms with Crippen LogP contribution in [0.1, 0.15) is 29.6 Å². The van der Waals surface area contributed by atoms with E-state index in [1.807, 2.05) is 35.3 Å². The molecular formula is C14H17N3OS. The van der Waals surface area contributed by atoms with Gasteiger partial charge in [0, 0.05) is 24.3 Å².